The van der Waals surface area contributed by atoms with Gasteiger partial charge in [-0.1, -0.05) is 18.5 Å². The van der Waals surface area contributed by atoms with Crippen molar-refractivity contribution in [2.75, 3.05) is 5.73 Å². The molecule has 6 heteroatoms. The van der Waals surface area contributed by atoms with Gasteiger partial charge in [-0.15, -0.1) is 0 Å². The molecule has 0 aliphatic rings. The van der Waals surface area contributed by atoms with Crippen molar-refractivity contribution >= 4 is 17.4 Å². The van der Waals surface area contributed by atoms with Crippen LogP contribution in [0.1, 0.15) is 25.2 Å². The summed E-state index contributed by atoms with van der Waals surface area (Å²) >= 11 is 5.87. The second-order valence-corrected chi connectivity index (χ2v) is 4.26. The summed E-state index contributed by atoms with van der Waals surface area (Å²) in [7, 11) is 0. The normalized spacial score (nSPS) is 11.0. The molecule has 0 unspecified atom stereocenters. The second kappa shape index (κ2) is 4.79. The Balaban J connectivity index is 2.25. The average Bonchev–Trinajstić information content (AvgIpc) is 2.84. The zero-order valence-corrected chi connectivity index (χ0v) is 10.8. The molecule has 2 aromatic rings. The van der Waals surface area contributed by atoms with Gasteiger partial charge in [-0.25, -0.2) is 0 Å². The molecular weight excluding hydrogens is 238 g/mol. The number of hydrogen-bond acceptors (Lipinski definition) is 3. The number of hydrogen-bond donors (Lipinski definition) is 1. The lowest BCUT2D eigenvalue weighted by Crippen LogP contribution is -2.08. The average molecular weight is 254 g/mol. The summed E-state index contributed by atoms with van der Waals surface area (Å²) in [6, 6.07) is 2.09. The van der Waals surface area contributed by atoms with Gasteiger partial charge in [0.25, 0.3) is 0 Å². The van der Waals surface area contributed by atoms with E-state index in [-0.39, 0.29) is 0 Å². The monoisotopic (exact) mass is 253 g/mol. The predicted molar refractivity (Wildman–Crippen MR) is 68.0 cm³/mol. The molecule has 0 saturated heterocycles. The van der Waals surface area contributed by atoms with E-state index >= 15 is 0 Å². The largest absolute Gasteiger partial charge is 0.381 e. The number of aromatic nitrogens is 4. The van der Waals surface area contributed by atoms with E-state index in [4.69, 9.17) is 17.3 Å². The fraction of sp³-hybridized carbons (Fsp3) is 0.455. The third-order valence-corrected chi connectivity index (χ3v) is 2.93. The van der Waals surface area contributed by atoms with Crippen LogP contribution in [-0.4, -0.2) is 19.6 Å². The Labute approximate surface area is 105 Å². The zero-order chi connectivity index (χ0) is 12.4. The van der Waals surface area contributed by atoms with Gasteiger partial charge >= 0.3 is 0 Å². The number of aryl methyl sites for hydroxylation is 2. The zero-order valence-electron chi connectivity index (χ0n) is 10.0. The highest BCUT2D eigenvalue weighted by molar-refractivity contribution is 6.32. The molecule has 2 heterocycles. The van der Waals surface area contributed by atoms with Crippen molar-refractivity contribution in [3.8, 4) is 0 Å². The van der Waals surface area contributed by atoms with E-state index in [0.29, 0.717) is 17.4 Å². The fourth-order valence-electron chi connectivity index (χ4n) is 1.75. The van der Waals surface area contributed by atoms with Gasteiger partial charge in [0, 0.05) is 12.7 Å². The molecule has 0 atom stereocenters. The molecule has 0 fully saturated rings. The molecule has 92 valence electrons. The lowest BCUT2D eigenvalue weighted by molar-refractivity contribution is 0.574. The molecule has 2 N–H and O–H groups in total. The van der Waals surface area contributed by atoms with E-state index < -0.39 is 0 Å². The maximum Gasteiger partial charge on any atom is 0.164 e. The Kier molecular flexibility index (Phi) is 3.38. The SMILES string of the molecule is CCc1cc(Cn2cc(Cl)c(N)n2)n(CC)n1. The highest BCUT2D eigenvalue weighted by atomic mass is 35.5. The van der Waals surface area contributed by atoms with Gasteiger partial charge in [-0.05, 0) is 19.4 Å². The van der Waals surface area contributed by atoms with E-state index in [1.165, 1.54) is 0 Å². The molecule has 0 spiro atoms. The minimum absolute atomic E-state index is 0.366. The number of halogens is 1. The van der Waals surface area contributed by atoms with Gasteiger partial charge in [0.1, 0.15) is 5.02 Å². The number of nitrogens with zero attached hydrogens (tertiary/aromatic N) is 4. The maximum absolute atomic E-state index is 5.87. The summed E-state index contributed by atoms with van der Waals surface area (Å²) in [5.74, 6) is 0.366. The number of rotatable bonds is 4. The molecule has 2 aromatic heterocycles. The first-order valence-corrected chi connectivity index (χ1v) is 6.05. The van der Waals surface area contributed by atoms with Gasteiger partial charge in [0.2, 0.25) is 0 Å². The first kappa shape index (κ1) is 12.0. The van der Waals surface area contributed by atoms with Crippen LogP contribution in [0.25, 0.3) is 0 Å². The van der Waals surface area contributed by atoms with E-state index in [0.717, 1.165) is 24.4 Å². The van der Waals surface area contributed by atoms with E-state index in [1.54, 1.807) is 10.9 Å². The Hall–Kier alpha value is -1.49. The standard InChI is InChI=1S/C11H16ClN5/c1-3-8-5-9(17(4-2)14-8)6-16-7-10(12)11(13)15-16/h5,7H,3-4,6H2,1-2H3,(H2,13,15). The third-order valence-electron chi connectivity index (χ3n) is 2.64. The van der Waals surface area contributed by atoms with Crippen molar-refractivity contribution in [3.63, 3.8) is 0 Å². The van der Waals surface area contributed by atoms with Crippen LogP contribution < -0.4 is 5.73 Å². The van der Waals surface area contributed by atoms with Crippen molar-refractivity contribution in [3.05, 3.63) is 28.7 Å². The van der Waals surface area contributed by atoms with Crippen molar-refractivity contribution in [1.82, 2.24) is 19.6 Å². The van der Waals surface area contributed by atoms with E-state index in [9.17, 15) is 0 Å². The van der Waals surface area contributed by atoms with Crippen LogP contribution >= 0.6 is 11.6 Å². The second-order valence-electron chi connectivity index (χ2n) is 3.86. The Morgan fingerprint density at radius 1 is 1.35 bits per heavy atom. The van der Waals surface area contributed by atoms with Gasteiger partial charge in [-0.2, -0.15) is 10.2 Å². The van der Waals surface area contributed by atoms with Crippen LogP contribution in [-0.2, 0) is 19.5 Å². The first-order valence-electron chi connectivity index (χ1n) is 5.68. The molecule has 5 nitrogen and oxygen atoms in total. The highest BCUT2D eigenvalue weighted by Gasteiger charge is 2.08. The molecule has 0 saturated carbocycles. The first-order chi connectivity index (χ1) is 8.13. The van der Waals surface area contributed by atoms with Crippen LogP contribution in [0, 0.1) is 0 Å². The summed E-state index contributed by atoms with van der Waals surface area (Å²) in [6.07, 6.45) is 2.66. The van der Waals surface area contributed by atoms with Crippen molar-refractivity contribution in [2.45, 2.75) is 33.4 Å². The molecule has 0 bridgehead atoms. The van der Waals surface area contributed by atoms with Crippen LogP contribution in [0.4, 0.5) is 5.82 Å². The minimum Gasteiger partial charge on any atom is -0.381 e. The number of nitrogens with two attached hydrogens (primary N) is 1. The van der Waals surface area contributed by atoms with Gasteiger partial charge in [-0.3, -0.25) is 9.36 Å². The number of nitrogen functional groups attached to an aromatic ring is 1. The van der Waals surface area contributed by atoms with E-state index in [1.807, 2.05) is 4.68 Å². The van der Waals surface area contributed by atoms with Gasteiger partial charge in [0.05, 0.1) is 17.9 Å². The quantitative estimate of drug-likeness (QED) is 0.906. The Morgan fingerprint density at radius 3 is 2.65 bits per heavy atom. The lowest BCUT2D eigenvalue weighted by atomic mass is 10.3. The summed E-state index contributed by atoms with van der Waals surface area (Å²) in [4.78, 5) is 0. The number of anilines is 1. The van der Waals surface area contributed by atoms with Crippen molar-refractivity contribution in [2.24, 2.45) is 0 Å². The molecule has 0 aliphatic heterocycles. The minimum atomic E-state index is 0.366. The van der Waals surface area contributed by atoms with Crippen LogP contribution in [0.2, 0.25) is 5.02 Å². The van der Waals surface area contributed by atoms with E-state index in [2.05, 4.69) is 30.1 Å². The Morgan fingerprint density at radius 2 is 2.12 bits per heavy atom. The predicted octanol–water partition coefficient (Wildman–Crippen LogP) is 1.95. The molecule has 0 amide bonds. The van der Waals surface area contributed by atoms with Gasteiger partial charge < -0.3 is 5.73 Å². The van der Waals surface area contributed by atoms with Crippen LogP contribution in [0.3, 0.4) is 0 Å². The molecule has 0 radical (unpaired) electrons. The van der Waals surface area contributed by atoms with Crippen LogP contribution in [0.15, 0.2) is 12.3 Å². The molecule has 17 heavy (non-hydrogen) atoms. The fourth-order valence-corrected chi connectivity index (χ4v) is 1.90. The van der Waals surface area contributed by atoms with Crippen molar-refractivity contribution in [1.29, 1.82) is 0 Å². The molecular formula is C11H16ClN5. The summed E-state index contributed by atoms with van der Waals surface area (Å²) in [5.41, 5.74) is 7.82. The topological polar surface area (TPSA) is 61.7 Å². The summed E-state index contributed by atoms with van der Waals surface area (Å²) in [5, 5.41) is 9.11. The van der Waals surface area contributed by atoms with Gasteiger partial charge in [0.15, 0.2) is 5.82 Å². The Bertz CT molecular complexity index is 494. The third kappa shape index (κ3) is 2.44. The van der Waals surface area contributed by atoms with Crippen molar-refractivity contribution < 1.29 is 0 Å². The molecule has 0 aliphatic carbocycles. The highest BCUT2D eigenvalue weighted by Crippen LogP contribution is 2.16. The van der Waals surface area contributed by atoms with Crippen LogP contribution in [0.5, 0.6) is 0 Å². The lowest BCUT2D eigenvalue weighted by Gasteiger charge is -2.04. The summed E-state index contributed by atoms with van der Waals surface area (Å²) in [6.45, 7) is 5.65. The molecule has 0 aromatic carbocycles. The summed E-state index contributed by atoms with van der Waals surface area (Å²) < 4.78 is 3.71. The molecule has 2 rings (SSSR count). The smallest absolute Gasteiger partial charge is 0.164 e. The maximum atomic E-state index is 5.87.